The SMILES string of the molecule is CCOC(=O)[C@H]1CCc2c(sc3ncnc(Nc4cc(Cl)c5n(c4=O)C4(CCCC4)NC5=O)c23)C1. The fraction of sp³-hybridized carbons (Fsp3) is 0.458. The van der Waals surface area contributed by atoms with E-state index in [-0.39, 0.29) is 39.8 Å². The van der Waals surface area contributed by atoms with Gasteiger partial charge >= 0.3 is 5.97 Å². The monoisotopic (exact) mass is 513 g/mol. The minimum Gasteiger partial charge on any atom is -0.466 e. The van der Waals surface area contributed by atoms with E-state index in [4.69, 9.17) is 16.3 Å². The van der Waals surface area contributed by atoms with E-state index >= 15 is 0 Å². The Morgan fingerprint density at radius 3 is 2.91 bits per heavy atom. The summed E-state index contributed by atoms with van der Waals surface area (Å²) in [6.45, 7) is 2.18. The molecule has 9 nitrogen and oxygen atoms in total. The number of nitrogens with one attached hydrogen (secondary N) is 2. The molecule has 1 amide bonds. The van der Waals surface area contributed by atoms with Crippen LogP contribution in [0.25, 0.3) is 10.2 Å². The Balaban J connectivity index is 1.41. The third-order valence-electron chi connectivity index (χ3n) is 7.29. The zero-order chi connectivity index (χ0) is 24.3. The van der Waals surface area contributed by atoms with Crippen LogP contribution in [0.4, 0.5) is 11.5 Å². The second-order valence-electron chi connectivity index (χ2n) is 9.31. The first-order valence-electron chi connectivity index (χ1n) is 11.9. The number of hydrogen-bond acceptors (Lipinski definition) is 8. The number of rotatable bonds is 4. The Labute approximate surface area is 209 Å². The lowest BCUT2D eigenvalue weighted by molar-refractivity contribution is -0.148. The van der Waals surface area contributed by atoms with Crippen LogP contribution < -0.4 is 16.2 Å². The number of halogens is 1. The van der Waals surface area contributed by atoms with Crippen LogP contribution >= 0.6 is 22.9 Å². The van der Waals surface area contributed by atoms with Crippen LogP contribution in [-0.2, 0) is 28.0 Å². The summed E-state index contributed by atoms with van der Waals surface area (Å²) < 4.78 is 6.77. The van der Waals surface area contributed by atoms with E-state index in [1.807, 2.05) is 6.92 Å². The molecule has 0 bridgehead atoms. The van der Waals surface area contributed by atoms with E-state index in [1.54, 1.807) is 15.9 Å². The van der Waals surface area contributed by atoms with E-state index < -0.39 is 5.66 Å². The molecule has 35 heavy (non-hydrogen) atoms. The van der Waals surface area contributed by atoms with Crippen LogP contribution in [0.5, 0.6) is 0 Å². The maximum Gasteiger partial charge on any atom is 0.309 e. The summed E-state index contributed by atoms with van der Waals surface area (Å²) in [6.07, 6.45) is 6.72. The van der Waals surface area contributed by atoms with Crippen molar-refractivity contribution in [1.29, 1.82) is 0 Å². The summed E-state index contributed by atoms with van der Waals surface area (Å²) in [5.74, 6) is -0.112. The molecule has 6 rings (SSSR count). The molecule has 2 N–H and O–H groups in total. The Morgan fingerprint density at radius 1 is 1.34 bits per heavy atom. The van der Waals surface area contributed by atoms with Gasteiger partial charge in [0.25, 0.3) is 11.5 Å². The molecule has 3 aliphatic rings. The lowest BCUT2D eigenvalue weighted by Gasteiger charge is -2.26. The normalized spacial score (nSPS) is 20.1. The van der Waals surface area contributed by atoms with Crippen LogP contribution in [0.15, 0.2) is 17.2 Å². The summed E-state index contributed by atoms with van der Waals surface area (Å²) in [5, 5.41) is 7.30. The molecule has 2 aliphatic carbocycles. The summed E-state index contributed by atoms with van der Waals surface area (Å²) in [6, 6.07) is 1.51. The summed E-state index contributed by atoms with van der Waals surface area (Å²) in [4.78, 5) is 49.4. The van der Waals surface area contributed by atoms with Crippen LogP contribution in [0, 0.1) is 5.92 Å². The van der Waals surface area contributed by atoms with Crippen LogP contribution in [0.3, 0.4) is 0 Å². The van der Waals surface area contributed by atoms with Gasteiger partial charge in [0.05, 0.1) is 22.9 Å². The highest BCUT2D eigenvalue weighted by Crippen LogP contribution is 2.42. The Bertz CT molecular complexity index is 1440. The number of carbonyl (C=O) groups is 2. The molecule has 1 atom stereocenters. The summed E-state index contributed by atoms with van der Waals surface area (Å²) in [5.41, 5.74) is 0.569. The maximum absolute atomic E-state index is 13.6. The zero-order valence-corrected chi connectivity index (χ0v) is 20.7. The molecule has 0 radical (unpaired) electrons. The van der Waals surface area contributed by atoms with Crippen molar-refractivity contribution in [2.45, 2.75) is 57.5 Å². The van der Waals surface area contributed by atoms with Crippen molar-refractivity contribution < 1.29 is 14.3 Å². The molecule has 3 aromatic rings. The van der Waals surface area contributed by atoms with Gasteiger partial charge in [0, 0.05) is 4.88 Å². The van der Waals surface area contributed by atoms with Crippen molar-refractivity contribution in [3.63, 3.8) is 0 Å². The maximum atomic E-state index is 13.6. The third-order valence-corrected chi connectivity index (χ3v) is 8.74. The standard InChI is InChI=1S/C24H24ClN5O4S/c1-2-34-23(33)12-5-6-13-16(9-12)35-21-17(13)19(26-11-27-21)28-15-10-14(25)18-20(31)29-24(7-3-4-8-24)30(18)22(15)32/h10-12H,2-9H2,1H3,(H,29,31)(H,26,27,28)/t12-/m0/s1. The van der Waals surface area contributed by atoms with Crippen LogP contribution in [-0.4, -0.2) is 33.0 Å². The van der Waals surface area contributed by atoms with Crippen molar-refractivity contribution in [2.24, 2.45) is 5.92 Å². The molecular weight excluding hydrogens is 490 g/mol. The van der Waals surface area contributed by atoms with Gasteiger partial charge in [-0.3, -0.25) is 19.0 Å². The molecule has 0 unspecified atom stereocenters. The smallest absolute Gasteiger partial charge is 0.309 e. The number of hydrogen-bond donors (Lipinski definition) is 2. The average molecular weight is 514 g/mol. The van der Waals surface area contributed by atoms with E-state index in [2.05, 4.69) is 20.6 Å². The molecule has 11 heteroatoms. The van der Waals surface area contributed by atoms with Gasteiger partial charge in [-0.25, -0.2) is 9.97 Å². The third kappa shape index (κ3) is 3.45. The molecule has 4 heterocycles. The van der Waals surface area contributed by atoms with Crippen molar-refractivity contribution in [3.05, 3.63) is 43.9 Å². The molecule has 1 fully saturated rings. The predicted octanol–water partition coefficient (Wildman–Crippen LogP) is 3.89. The number of esters is 1. The lowest BCUT2D eigenvalue weighted by Crippen LogP contribution is -2.45. The number of aromatic nitrogens is 3. The number of ether oxygens (including phenoxy) is 1. The fourth-order valence-corrected chi connectivity index (χ4v) is 7.27. The highest BCUT2D eigenvalue weighted by Gasteiger charge is 2.46. The first-order chi connectivity index (χ1) is 16.9. The van der Waals surface area contributed by atoms with E-state index in [9.17, 15) is 14.4 Å². The number of anilines is 2. The first kappa shape index (κ1) is 22.5. The van der Waals surface area contributed by atoms with Gasteiger partial charge in [0.15, 0.2) is 0 Å². The molecule has 1 saturated carbocycles. The number of amides is 1. The molecule has 0 saturated heterocycles. The van der Waals surface area contributed by atoms with Crippen molar-refractivity contribution >= 4 is 56.5 Å². The Morgan fingerprint density at radius 2 is 2.14 bits per heavy atom. The number of fused-ring (bicyclic) bond motifs is 5. The van der Waals surface area contributed by atoms with Crippen molar-refractivity contribution in [2.75, 3.05) is 11.9 Å². The second-order valence-corrected chi connectivity index (χ2v) is 10.8. The Hall–Kier alpha value is -2.98. The largest absolute Gasteiger partial charge is 0.466 e. The quantitative estimate of drug-likeness (QED) is 0.508. The number of nitrogens with zero attached hydrogens (tertiary/aromatic N) is 3. The minimum absolute atomic E-state index is 0.160. The predicted molar refractivity (Wildman–Crippen MR) is 132 cm³/mol. The van der Waals surface area contributed by atoms with Gasteiger partial charge < -0.3 is 15.4 Å². The van der Waals surface area contributed by atoms with Gasteiger partial charge in [-0.2, -0.15) is 0 Å². The molecule has 3 aromatic heterocycles. The number of carbonyl (C=O) groups excluding carboxylic acids is 2. The number of pyridine rings is 1. The van der Waals surface area contributed by atoms with E-state index in [0.717, 1.165) is 33.5 Å². The zero-order valence-electron chi connectivity index (χ0n) is 19.1. The van der Waals surface area contributed by atoms with E-state index in [0.29, 0.717) is 44.5 Å². The van der Waals surface area contributed by atoms with Gasteiger partial charge in [-0.05, 0) is 63.5 Å². The lowest BCUT2D eigenvalue weighted by atomic mass is 9.88. The highest BCUT2D eigenvalue weighted by atomic mass is 35.5. The van der Waals surface area contributed by atoms with Crippen molar-refractivity contribution in [1.82, 2.24) is 19.9 Å². The highest BCUT2D eigenvalue weighted by molar-refractivity contribution is 7.19. The van der Waals surface area contributed by atoms with Gasteiger partial charge in [0.2, 0.25) is 0 Å². The number of aryl methyl sites for hydroxylation is 1. The number of thiophene rings is 1. The van der Waals surface area contributed by atoms with Crippen LogP contribution in [0.2, 0.25) is 5.02 Å². The average Bonchev–Trinajstić information content (AvgIpc) is 3.53. The fourth-order valence-electron chi connectivity index (χ4n) is 5.72. The molecule has 182 valence electrons. The molecule has 1 spiro atoms. The molecular formula is C24H24ClN5O4S. The topological polar surface area (TPSA) is 115 Å². The minimum atomic E-state index is -0.713. The van der Waals surface area contributed by atoms with Crippen molar-refractivity contribution in [3.8, 4) is 0 Å². The summed E-state index contributed by atoms with van der Waals surface area (Å²) >= 11 is 8.06. The van der Waals surface area contributed by atoms with Gasteiger partial charge in [0.1, 0.15) is 34.0 Å². The van der Waals surface area contributed by atoms with Gasteiger partial charge in [-0.1, -0.05) is 11.6 Å². The Kier molecular flexibility index (Phi) is 5.33. The molecule has 1 aliphatic heterocycles. The van der Waals surface area contributed by atoms with Gasteiger partial charge in [-0.15, -0.1) is 11.3 Å². The first-order valence-corrected chi connectivity index (χ1v) is 13.1. The van der Waals surface area contributed by atoms with E-state index in [1.165, 1.54) is 12.4 Å². The molecule has 0 aromatic carbocycles. The van der Waals surface area contributed by atoms with Crippen LogP contribution in [0.1, 0.15) is 60.0 Å². The second kappa shape index (κ2) is 8.30. The summed E-state index contributed by atoms with van der Waals surface area (Å²) in [7, 11) is 0.